The maximum atomic E-state index is 13.1. The minimum absolute atomic E-state index is 0.105. The topological polar surface area (TPSA) is 39.7 Å². The van der Waals surface area contributed by atoms with Crippen molar-refractivity contribution in [2.24, 2.45) is 5.92 Å². The van der Waals surface area contributed by atoms with Gasteiger partial charge in [0.15, 0.2) is 0 Å². The van der Waals surface area contributed by atoms with Crippen molar-refractivity contribution in [1.29, 1.82) is 0 Å². The number of carbonyl (C=O) groups is 1. The second-order valence-corrected chi connectivity index (χ2v) is 9.84. The number of rotatable bonds is 9. The summed E-state index contributed by atoms with van der Waals surface area (Å²) in [6, 6.07) is 15.3. The van der Waals surface area contributed by atoms with E-state index >= 15 is 0 Å². The number of hydrogen-bond acceptors (Lipinski definition) is 4. The molecule has 1 amide bonds. The van der Waals surface area contributed by atoms with E-state index in [9.17, 15) is 4.79 Å². The fraction of sp³-hybridized carbons (Fsp3) is 0.500. The van der Waals surface area contributed by atoms with Crippen LogP contribution in [0.4, 0.5) is 0 Å². The van der Waals surface area contributed by atoms with Crippen molar-refractivity contribution in [1.82, 2.24) is 19.7 Å². The molecule has 4 rings (SSSR count). The van der Waals surface area contributed by atoms with E-state index in [4.69, 9.17) is 0 Å². The Morgan fingerprint density at radius 2 is 1.73 bits per heavy atom. The van der Waals surface area contributed by atoms with E-state index in [0.717, 1.165) is 44.8 Å². The smallest absolute Gasteiger partial charge is 0.246 e. The fourth-order valence-electron chi connectivity index (χ4n) is 5.21. The zero-order chi connectivity index (χ0) is 23.0. The molecule has 1 saturated heterocycles. The van der Waals surface area contributed by atoms with Crippen LogP contribution in [0.2, 0.25) is 0 Å². The molecule has 33 heavy (non-hydrogen) atoms. The fourth-order valence-corrected chi connectivity index (χ4v) is 5.21. The van der Waals surface area contributed by atoms with Gasteiger partial charge in [-0.15, -0.1) is 0 Å². The quantitative estimate of drug-likeness (QED) is 0.550. The molecule has 1 aliphatic heterocycles. The third kappa shape index (κ3) is 6.75. The van der Waals surface area contributed by atoms with E-state index in [2.05, 4.69) is 58.0 Å². The molecule has 0 spiro atoms. The summed E-state index contributed by atoms with van der Waals surface area (Å²) in [6.45, 7) is 4.95. The monoisotopic (exact) mass is 446 g/mol. The van der Waals surface area contributed by atoms with Crippen LogP contribution in [0.3, 0.4) is 0 Å². The Hall–Kier alpha value is -2.50. The van der Waals surface area contributed by atoms with E-state index < -0.39 is 0 Å². The lowest BCUT2D eigenvalue weighted by molar-refractivity contribution is -0.127. The highest BCUT2D eigenvalue weighted by Crippen LogP contribution is 2.29. The first kappa shape index (κ1) is 23.7. The molecular formula is C28H38N4O. The van der Waals surface area contributed by atoms with Gasteiger partial charge >= 0.3 is 0 Å². The molecule has 5 nitrogen and oxygen atoms in total. The number of aromatic nitrogens is 1. The first-order chi connectivity index (χ1) is 16.1. The van der Waals surface area contributed by atoms with Gasteiger partial charge < -0.3 is 9.80 Å². The van der Waals surface area contributed by atoms with E-state index in [1.165, 1.54) is 36.8 Å². The largest absolute Gasteiger partial charge is 0.339 e. The van der Waals surface area contributed by atoms with E-state index in [1.54, 1.807) is 12.3 Å². The lowest BCUT2D eigenvalue weighted by atomic mass is 9.94. The van der Waals surface area contributed by atoms with Crippen LogP contribution in [0.15, 0.2) is 54.7 Å². The number of carbonyl (C=O) groups excluding carboxylic acids is 1. The molecule has 0 radical (unpaired) electrons. The second kappa shape index (κ2) is 11.6. The lowest BCUT2D eigenvalue weighted by Gasteiger charge is -2.37. The third-order valence-electron chi connectivity index (χ3n) is 7.10. The van der Waals surface area contributed by atoms with Crippen molar-refractivity contribution in [3.8, 4) is 0 Å². The third-order valence-corrected chi connectivity index (χ3v) is 7.10. The van der Waals surface area contributed by atoms with E-state index in [0.29, 0.717) is 12.0 Å². The number of benzene rings is 1. The van der Waals surface area contributed by atoms with Crippen LogP contribution < -0.4 is 0 Å². The van der Waals surface area contributed by atoms with Gasteiger partial charge in [-0.3, -0.25) is 14.7 Å². The van der Waals surface area contributed by atoms with Gasteiger partial charge in [-0.2, -0.15) is 0 Å². The van der Waals surface area contributed by atoms with Crippen molar-refractivity contribution in [2.45, 2.75) is 38.1 Å². The molecule has 5 heteroatoms. The van der Waals surface area contributed by atoms with Crippen molar-refractivity contribution < 1.29 is 4.79 Å². The number of piperidine rings is 1. The normalized spacial score (nSPS) is 17.7. The summed E-state index contributed by atoms with van der Waals surface area (Å²) in [5, 5.41) is 0. The highest BCUT2D eigenvalue weighted by molar-refractivity contribution is 5.91. The Morgan fingerprint density at radius 1 is 1.03 bits per heavy atom. The SMILES string of the molecule is CN(C)CCCN(CC1CCN(C2Cc3ccccc3C2)CC1)C(=O)/C=C/c1ccccn1. The van der Waals surface area contributed by atoms with Crippen molar-refractivity contribution in [2.75, 3.05) is 46.8 Å². The molecule has 1 aromatic heterocycles. The lowest BCUT2D eigenvalue weighted by Crippen LogP contribution is -2.45. The molecule has 0 saturated carbocycles. The summed E-state index contributed by atoms with van der Waals surface area (Å²) >= 11 is 0. The highest BCUT2D eigenvalue weighted by Gasteiger charge is 2.30. The second-order valence-electron chi connectivity index (χ2n) is 9.84. The number of fused-ring (bicyclic) bond motifs is 1. The Labute approximate surface area is 199 Å². The highest BCUT2D eigenvalue weighted by atomic mass is 16.2. The summed E-state index contributed by atoms with van der Waals surface area (Å²) in [5.74, 6) is 0.685. The zero-order valence-corrected chi connectivity index (χ0v) is 20.2. The van der Waals surface area contributed by atoms with E-state index in [-0.39, 0.29) is 5.91 Å². The molecule has 1 aliphatic carbocycles. The van der Waals surface area contributed by atoms with Gasteiger partial charge in [-0.25, -0.2) is 0 Å². The standard InChI is InChI=1S/C28H38N4O/c1-30(2)16-7-17-32(28(33)12-11-26-10-5-6-15-29-26)22-23-13-18-31(19-14-23)27-20-24-8-3-4-9-25(24)21-27/h3-6,8-12,15,23,27H,7,13-14,16-22H2,1-2H3/b12-11+. The number of hydrogen-bond donors (Lipinski definition) is 0. The Kier molecular flexibility index (Phi) is 8.30. The number of likely N-dealkylation sites (tertiary alicyclic amines) is 1. The predicted molar refractivity (Wildman–Crippen MR) is 135 cm³/mol. The summed E-state index contributed by atoms with van der Waals surface area (Å²) in [6.07, 6.45) is 11.0. The van der Waals surface area contributed by atoms with E-state index in [1.807, 2.05) is 24.3 Å². The Balaban J connectivity index is 1.30. The molecular weight excluding hydrogens is 408 g/mol. The number of amides is 1. The molecule has 2 aromatic rings. The van der Waals surface area contributed by atoms with Gasteiger partial charge in [0.1, 0.15) is 0 Å². The summed E-state index contributed by atoms with van der Waals surface area (Å²) in [7, 11) is 4.17. The maximum Gasteiger partial charge on any atom is 0.246 e. The minimum Gasteiger partial charge on any atom is -0.339 e. The van der Waals surface area contributed by atoms with Crippen molar-refractivity contribution >= 4 is 12.0 Å². The van der Waals surface area contributed by atoms with Gasteiger partial charge in [0.25, 0.3) is 0 Å². The first-order valence-electron chi connectivity index (χ1n) is 12.4. The maximum absolute atomic E-state index is 13.1. The Morgan fingerprint density at radius 3 is 2.36 bits per heavy atom. The van der Waals surface area contributed by atoms with Crippen LogP contribution in [0, 0.1) is 5.92 Å². The van der Waals surface area contributed by atoms with Crippen LogP contribution >= 0.6 is 0 Å². The molecule has 2 aliphatic rings. The van der Waals surface area contributed by atoms with Gasteiger partial charge in [0.05, 0.1) is 5.69 Å². The van der Waals surface area contributed by atoms with Crippen LogP contribution in [0.1, 0.15) is 36.1 Å². The molecule has 2 heterocycles. The van der Waals surface area contributed by atoms with Gasteiger partial charge in [-0.05, 0) is 101 Å². The molecule has 0 N–H and O–H groups in total. The van der Waals surface area contributed by atoms with Crippen LogP contribution in [-0.2, 0) is 17.6 Å². The van der Waals surface area contributed by atoms with Crippen LogP contribution in [-0.4, -0.2) is 78.5 Å². The van der Waals surface area contributed by atoms with Gasteiger partial charge in [0.2, 0.25) is 5.91 Å². The summed E-state index contributed by atoms with van der Waals surface area (Å²) in [4.78, 5) is 24.3. The number of nitrogens with zero attached hydrogens (tertiary/aromatic N) is 4. The molecule has 0 atom stereocenters. The first-order valence-corrected chi connectivity index (χ1v) is 12.4. The molecule has 1 aromatic carbocycles. The minimum atomic E-state index is 0.105. The van der Waals surface area contributed by atoms with Crippen LogP contribution in [0.25, 0.3) is 6.08 Å². The van der Waals surface area contributed by atoms with Gasteiger partial charge in [-0.1, -0.05) is 30.3 Å². The molecule has 1 fully saturated rings. The average Bonchev–Trinajstić information content (AvgIpc) is 3.27. The molecule has 0 unspecified atom stereocenters. The van der Waals surface area contributed by atoms with Gasteiger partial charge in [0, 0.05) is 31.4 Å². The molecule has 0 bridgehead atoms. The average molecular weight is 447 g/mol. The summed E-state index contributed by atoms with van der Waals surface area (Å²) in [5.41, 5.74) is 3.88. The van der Waals surface area contributed by atoms with Crippen LogP contribution in [0.5, 0.6) is 0 Å². The Bertz CT molecular complexity index is 894. The number of pyridine rings is 1. The van der Waals surface area contributed by atoms with Crippen molar-refractivity contribution in [3.63, 3.8) is 0 Å². The predicted octanol–water partition coefficient (Wildman–Crippen LogP) is 3.75. The zero-order valence-electron chi connectivity index (χ0n) is 20.2. The van der Waals surface area contributed by atoms with Crippen molar-refractivity contribution in [3.05, 3.63) is 71.6 Å². The molecule has 176 valence electrons. The summed E-state index contributed by atoms with van der Waals surface area (Å²) < 4.78 is 0.